The van der Waals surface area contributed by atoms with Crippen molar-refractivity contribution in [2.24, 2.45) is 11.7 Å². The summed E-state index contributed by atoms with van der Waals surface area (Å²) in [5.41, 5.74) is 6.95. The number of carbonyl (C=O) groups is 2. The maximum Gasteiger partial charge on any atom is 0.254 e. The number of nitrogens with two attached hydrogens (primary N) is 1. The monoisotopic (exact) mass is 338 g/mol. The van der Waals surface area contributed by atoms with Crippen molar-refractivity contribution in [1.82, 2.24) is 4.90 Å². The lowest BCUT2D eigenvalue weighted by molar-refractivity contribution is -0.119. The van der Waals surface area contributed by atoms with Crippen LogP contribution in [-0.2, 0) is 4.79 Å². The van der Waals surface area contributed by atoms with Crippen LogP contribution >= 0.6 is 15.9 Å². The zero-order chi connectivity index (χ0) is 14.7. The number of carbonyl (C=O) groups excluding carboxylic acids is 2. The minimum atomic E-state index is -0.252. The Labute approximate surface area is 127 Å². The molecule has 0 aliphatic carbocycles. The van der Waals surface area contributed by atoms with Gasteiger partial charge in [-0.2, -0.15) is 0 Å². The number of rotatable bonds is 3. The van der Waals surface area contributed by atoms with Crippen molar-refractivity contribution in [3.8, 4) is 0 Å². The Bertz CT molecular complexity index is 523. The van der Waals surface area contributed by atoms with Gasteiger partial charge < -0.3 is 10.6 Å². The van der Waals surface area contributed by atoms with E-state index in [1.165, 1.54) is 0 Å². The maximum absolute atomic E-state index is 12.5. The first-order valence-corrected chi connectivity index (χ1v) is 7.60. The number of aryl methyl sites for hydroxylation is 1. The van der Waals surface area contributed by atoms with Crippen molar-refractivity contribution in [2.45, 2.75) is 26.2 Å². The minimum Gasteiger partial charge on any atom is -0.370 e. The van der Waals surface area contributed by atoms with Crippen LogP contribution in [0.1, 0.15) is 35.2 Å². The zero-order valence-electron chi connectivity index (χ0n) is 11.6. The molecule has 0 atom stereocenters. The Kier molecular flexibility index (Phi) is 4.81. The highest BCUT2D eigenvalue weighted by molar-refractivity contribution is 9.10. The molecule has 0 bridgehead atoms. The number of primary amides is 1. The molecule has 5 heteroatoms. The second-order valence-electron chi connectivity index (χ2n) is 5.37. The Hall–Kier alpha value is -1.36. The average molecular weight is 339 g/mol. The summed E-state index contributed by atoms with van der Waals surface area (Å²) in [6, 6.07) is 5.75. The lowest BCUT2D eigenvalue weighted by atomic mass is 9.93. The molecule has 1 aliphatic heterocycles. The lowest BCUT2D eigenvalue weighted by Gasteiger charge is -2.32. The Morgan fingerprint density at radius 1 is 1.35 bits per heavy atom. The van der Waals surface area contributed by atoms with Crippen molar-refractivity contribution < 1.29 is 9.59 Å². The number of amides is 2. The van der Waals surface area contributed by atoms with Crippen LogP contribution in [0.2, 0.25) is 0 Å². The van der Waals surface area contributed by atoms with Gasteiger partial charge >= 0.3 is 0 Å². The fraction of sp³-hybridized carbons (Fsp3) is 0.467. The van der Waals surface area contributed by atoms with Crippen molar-refractivity contribution in [2.75, 3.05) is 13.1 Å². The number of piperidine rings is 1. The third-order valence-electron chi connectivity index (χ3n) is 3.82. The van der Waals surface area contributed by atoms with Crippen molar-refractivity contribution in [1.29, 1.82) is 0 Å². The molecule has 2 amide bonds. The van der Waals surface area contributed by atoms with Crippen molar-refractivity contribution in [3.63, 3.8) is 0 Å². The molecule has 1 aromatic carbocycles. The fourth-order valence-electron chi connectivity index (χ4n) is 2.62. The maximum atomic E-state index is 12.5. The predicted octanol–water partition coefficient (Wildman–Crippen LogP) is 2.49. The standard InChI is InChI=1S/C15H19BrN2O2/c1-10-2-3-12(16)9-13(10)15(20)18-6-4-11(5-7-18)8-14(17)19/h2-3,9,11H,4-8H2,1H3,(H2,17,19). The van der Waals surface area contributed by atoms with Crippen LogP contribution in [0.25, 0.3) is 0 Å². The molecule has 1 saturated heterocycles. The van der Waals surface area contributed by atoms with Crippen LogP contribution in [0.3, 0.4) is 0 Å². The molecule has 2 rings (SSSR count). The highest BCUT2D eigenvalue weighted by Crippen LogP contribution is 2.23. The van der Waals surface area contributed by atoms with Gasteiger partial charge in [0.05, 0.1) is 0 Å². The Balaban J connectivity index is 2.01. The number of hydrogen-bond donors (Lipinski definition) is 1. The molecule has 108 valence electrons. The van der Waals surface area contributed by atoms with Gasteiger partial charge in [-0.05, 0) is 43.4 Å². The SMILES string of the molecule is Cc1ccc(Br)cc1C(=O)N1CCC(CC(N)=O)CC1. The first-order chi connectivity index (χ1) is 9.47. The molecule has 0 aromatic heterocycles. The number of halogens is 1. The van der Waals surface area contributed by atoms with Crippen LogP contribution in [0.5, 0.6) is 0 Å². The summed E-state index contributed by atoms with van der Waals surface area (Å²) in [6.45, 7) is 3.34. The van der Waals surface area contributed by atoms with E-state index in [9.17, 15) is 9.59 Å². The van der Waals surface area contributed by atoms with Gasteiger partial charge in [-0.15, -0.1) is 0 Å². The normalized spacial score (nSPS) is 16.2. The van der Waals surface area contributed by atoms with E-state index in [0.29, 0.717) is 25.4 Å². The van der Waals surface area contributed by atoms with Gasteiger partial charge in [-0.25, -0.2) is 0 Å². The summed E-state index contributed by atoms with van der Waals surface area (Å²) in [6.07, 6.45) is 2.13. The second-order valence-corrected chi connectivity index (χ2v) is 6.28. The molecular formula is C15H19BrN2O2. The zero-order valence-corrected chi connectivity index (χ0v) is 13.1. The van der Waals surface area contributed by atoms with Gasteiger partial charge in [0.15, 0.2) is 0 Å². The largest absolute Gasteiger partial charge is 0.370 e. The van der Waals surface area contributed by atoms with Gasteiger partial charge in [0, 0.05) is 29.5 Å². The average Bonchev–Trinajstić information content (AvgIpc) is 2.41. The topological polar surface area (TPSA) is 63.4 Å². The first kappa shape index (κ1) is 15.0. The van der Waals surface area contributed by atoms with Gasteiger partial charge in [0.25, 0.3) is 5.91 Å². The minimum absolute atomic E-state index is 0.0707. The first-order valence-electron chi connectivity index (χ1n) is 6.81. The summed E-state index contributed by atoms with van der Waals surface area (Å²) in [5, 5.41) is 0. The lowest BCUT2D eigenvalue weighted by Crippen LogP contribution is -2.39. The molecule has 1 heterocycles. The van der Waals surface area contributed by atoms with Gasteiger partial charge in [-0.1, -0.05) is 22.0 Å². The van der Waals surface area contributed by atoms with E-state index in [4.69, 9.17) is 5.73 Å². The summed E-state index contributed by atoms with van der Waals surface area (Å²) in [5.74, 6) is 0.138. The summed E-state index contributed by atoms with van der Waals surface area (Å²) in [7, 11) is 0. The molecule has 0 unspecified atom stereocenters. The van der Waals surface area contributed by atoms with E-state index in [1.54, 1.807) is 0 Å². The number of nitrogens with zero attached hydrogens (tertiary/aromatic N) is 1. The van der Waals surface area contributed by atoms with Gasteiger partial charge in [0.1, 0.15) is 0 Å². The third kappa shape index (κ3) is 3.60. The molecular weight excluding hydrogens is 320 g/mol. The van der Waals surface area contributed by atoms with Crippen LogP contribution in [0.15, 0.2) is 22.7 Å². The summed E-state index contributed by atoms with van der Waals surface area (Å²) >= 11 is 3.40. The van der Waals surface area contributed by atoms with Crippen LogP contribution < -0.4 is 5.73 Å². The molecule has 1 aromatic rings. The number of benzene rings is 1. The molecule has 20 heavy (non-hydrogen) atoms. The van der Waals surface area contributed by atoms with Crippen LogP contribution in [0.4, 0.5) is 0 Å². The molecule has 1 fully saturated rings. The van der Waals surface area contributed by atoms with Gasteiger partial charge in [-0.3, -0.25) is 9.59 Å². The molecule has 4 nitrogen and oxygen atoms in total. The number of hydrogen-bond acceptors (Lipinski definition) is 2. The molecule has 1 aliphatic rings. The highest BCUT2D eigenvalue weighted by atomic mass is 79.9. The molecule has 0 saturated carbocycles. The van der Waals surface area contributed by atoms with E-state index < -0.39 is 0 Å². The second kappa shape index (κ2) is 6.39. The fourth-order valence-corrected chi connectivity index (χ4v) is 2.98. The van der Waals surface area contributed by atoms with Crippen molar-refractivity contribution in [3.05, 3.63) is 33.8 Å². The summed E-state index contributed by atoms with van der Waals surface area (Å²) in [4.78, 5) is 25.3. The van der Waals surface area contributed by atoms with Crippen LogP contribution in [-0.4, -0.2) is 29.8 Å². The Morgan fingerprint density at radius 2 is 2.00 bits per heavy atom. The van der Waals surface area contributed by atoms with Gasteiger partial charge in [0.2, 0.25) is 5.91 Å². The molecule has 2 N–H and O–H groups in total. The Morgan fingerprint density at radius 3 is 2.60 bits per heavy atom. The van der Waals surface area contributed by atoms with E-state index in [0.717, 1.165) is 28.4 Å². The predicted molar refractivity (Wildman–Crippen MR) is 81.3 cm³/mol. The molecule has 0 radical (unpaired) electrons. The smallest absolute Gasteiger partial charge is 0.254 e. The summed E-state index contributed by atoms with van der Waals surface area (Å²) < 4.78 is 0.912. The van der Waals surface area contributed by atoms with Crippen LogP contribution in [0, 0.1) is 12.8 Å². The quantitative estimate of drug-likeness (QED) is 0.920. The third-order valence-corrected chi connectivity index (χ3v) is 4.31. The van der Waals surface area contributed by atoms with E-state index in [2.05, 4.69) is 15.9 Å². The number of likely N-dealkylation sites (tertiary alicyclic amines) is 1. The van der Waals surface area contributed by atoms with E-state index in [1.807, 2.05) is 30.0 Å². The highest BCUT2D eigenvalue weighted by Gasteiger charge is 2.25. The van der Waals surface area contributed by atoms with Crippen molar-refractivity contribution >= 4 is 27.7 Å². The van der Waals surface area contributed by atoms with E-state index >= 15 is 0 Å². The van der Waals surface area contributed by atoms with E-state index in [-0.39, 0.29) is 11.8 Å². The molecule has 0 spiro atoms.